The molecule has 5 heteroatoms. The van der Waals surface area contributed by atoms with Gasteiger partial charge in [-0.3, -0.25) is 10.3 Å². The van der Waals surface area contributed by atoms with Crippen LogP contribution in [0.3, 0.4) is 0 Å². The van der Waals surface area contributed by atoms with Crippen molar-refractivity contribution in [1.29, 1.82) is 0 Å². The van der Waals surface area contributed by atoms with Crippen molar-refractivity contribution in [1.82, 2.24) is 5.32 Å². The number of carbonyl (C=O) groups excluding carboxylic acids is 1. The van der Waals surface area contributed by atoms with Crippen LogP contribution in [-0.4, -0.2) is 24.6 Å². The topological polar surface area (TPSA) is 59.9 Å². The SMILES string of the molecule is COc1ccc(C2N=C(NC(=O)OC(C)(C)C)c3ccccc32)cc1. The molecule has 0 saturated heterocycles. The number of aliphatic imine (C=N–C) groups is 1. The number of nitrogens with zero attached hydrogens (tertiary/aromatic N) is 1. The number of fused-ring (bicyclic) bond motifs is 1. The van der Waals surface area contributed by atoms with Crippen LogP contribution in [0.2, 0.25) is 0 Å². The van der Waals surface area contributed by atoms with E-state index in [1.54, 1.807) is 7.11 Å². The van der Waals surface area contributed by atoms with Crippen LogP contribution in [0, 0.1) is 0 Å². The molecule has 1 aliphatic rings. The first-order valence-electron chi connectivity index (χ1n) is 8.18. The molecule has 1 amide bonds. The molecule has 1 atom stereocenters. The minimum absolute atomic E-state index is 0.160. The van der Waals surface area contributed by atoms with Crippen molar-refractivity contribution in [2.24, 2.45) is 4.99 Å². The Morgan fingerprint density at radius 1 is 1.08 bits per heavy atom. The van der Waals surface area contributed by atoms with Crippen molar-refractivity contribution < 1.29 is 14.3 Å². The van der Waals surface area contributed by atoms with Crippen molar-refractivity contribution in [3.05, 3.63) is 65.2 Å². The number of hydrogen-bond acceptors (Lipinski definition) is 4. The summed E-state index contributed by atoms with van der Waals surface area (Å²) < 4.78 is 10.6. The monoisotopic (exact) mass is 338 g/mol. The van der Waals surface area contributed by atoms with Crippen molar-refractivity contribution in [3.8, 4) is 5.75 Å². The number of hydrogen-bond donors (Lipinski definition) is 1. The van der Waals surface area contributed by atoms with E-state index < -0.39 is 11.7 Å². The maximum atomic E-state index is 12.1. The fraction of sp³-hybridized carbons (Fsp3) is 0.300. The lowest BCUT2D eigenvalue weighted by atomic mass is 9.97. The van der Waals surface area contributed by atoms with E-state index in [9.17, 15) is 4.79 Å². The van der Waals surface area contributed by atoms with Gasteiger partial charge in [-0.2, -0.15) is 0 Å². The van der Waals surface area contributed by atoms with E-state index in [1.165, 1.54) is 0 Å². The zero-order valence-electron chi connectivity index (χ0n) is 14.9. The van der Waals surface area contributed by atoms with Crippen LogP contribution in [0.15, 0.2) is 53.5 Å². The van der Waals surface area contributed by atoms with Crippen LogP contribution in [0.5, 0.6) is 5.75 Å². The van der Waals surface area contributed by atoms with Gasteiger partial charge < -0.3 is 9.47 Å². The van der Waals surface area contributed by atoms with Gasteiger partial charge in [0.15, 0.2) is 0 Å². The highest BCUT2D eigenvalue weighted by Gasteiger charge is 2.28. The van der Waals surface area contributed by atoms with Crippen LogP contribution in [-0.2, 0) is 4.74 Å². The third-order valence-electron chi connectivity index (χ3n) is 3.82. The lowest BCUT2D eigenvalue weighted by molar-refractivity contribution is 0.0563. The summed E-state index contributed by atoms with van der Waals surface area (Å²) in [6.45, 7) is 5.49. The Labute approximate surface area is 147 Å². The third kappa shape index (κ3) is 3.82. The Kier molecular flexibility index (Phi) is 4.49. The predicted molar refractivity (Wildman–Crippen MR) is 97.2 cm³/mol. The summed E-state index contributed by atoms with van der Waals surface area (Å²) in [5.74, 6) is 1.33. The number of alkyl carbamates (subject to hydrolysis) is 1. The molecule has 2 aromatic rings. The maximum absolute atomic E-state index is 12.1. The second-order valence-corrected chi connectivity index (χ2v) is 6.87. The number of ether oxygens (including phenoxy) is 2. The maximum Gasteiger partial charge on any atom is 0.413 e. The van der Waals surface area contributed by atoms with Crippen LogP contribution in [0.25, 0.3) is 0 Å². The highest BCUT2D eigenvalue weighted by Crippen LogP contribution is 2.35. The van der Waals surface area contributed by atoms with Crippen molar-refractivity contribution in [2.45, 2.75) is 32.4 Å². The van der Waals surface area contributed by atoms with Gasteiger partial charge in [0, 0.05) is 5.56 Å². The van der Waals surface area contributed by atoms with Gasteiger partial charge >= 0.3 is 6.09 Å². The highest BCUT2D eigenvalue weighted by molar-refractivity contribution is 6.09. The molecule has 0 bridgehead atoms. The van der Waals surface area contributed by atoms with Gasteiger partial charge in [0.05, 0.1) is 7.11 Å². The summed E-state index contributed by atoms with van der Waals surface area (Å²) in [6, 6.07) is 15.5. The third-order valence-corrected chi connectivity index (χ3v) is 3.82. The van der Waals surface area contributed by atoms with E-state index in [-0.39, 0.29) is 6.04 Å². The molecule has 0 radical (unpaired) electrons. The summed E-state index contributed by atoms with van der Waals surface area (Å²) in [4.78, 5) is 16.8. The first-order chi connectivity index (χ1) is 11.9. The quantitative estimate of drug-likeness (QED) is 0.898. The van der Waals surface area contributed by atoms with Crippen LogP contribution in [0.4, 0.5) is 4.79 Å². The van der Waals surface area contributed by atoms with E-state index >= 15 is 0 Å². The van der Waals surface area contributed by atoms with Crippen molar-refractivity contribution in [3.63, 3.8) is 0 Å². The summed E-state index contributed by atoms with van der Waals surface area (Å²) in [7, 11) is 1.64. The zero-order valence-corrected chi connectivity index (χ0v) is 14.9. The lowest BCUT2D eigenvalue weighted by Crippen LogP contribution is -2.36. The Morgan fingerprint density at radius 3 is 2.40 bits per heavy atom. The minimum atomic E-state index is -0.557. The molecular formula is C20H22N2O3. The molecule has 0 aliphatic carbocycles. The molecule has 1 unspecified atom stereocenters. The molecule has 3 rings (SSSR count). The Hall–Kier alpha value is -2.82. The van der Waals surface area contributed by atoms with Gasteiger partial charge in [0.1, 0.15) is 23.2 Å². The van der Waals surface area contributed by atoms with E-state index in [2.05, 4.69) is 5.32 Å². The normalized spacial score (nSPS) is 16.0. The van der Waals surface area contributed by atoms with Gasteiger partial charge in [-0.05, 0) is 44.0 Å². The summed E-state index contributed by atoms with van der Waals surface area (Å²) in [5.41, 5.74) is 2.44. The molecule has 1 aliphatic heterocycles. The second kappa shape index (κ2) is 6.59. The molecule has 0 aromatic heterocycles. The average molecular weight is 338 g/mol. The fourth-order valence-electron chi connectivity index (χ4n) is 2.76. The van der Waals surface area contributed by atoms with Crippen LogP contribution < -0.4 is 10.1 Å². The van der Waals surface area contributed by atoms with Gasteiger partial charge in [0.25, 0.3) is 0 Å². The molecule has 0 spiro atoms. The highest BCUT2D eigenvalue weighted by atomic mass is 16.6. The zero-order chi connectivity index (χ0) is 18.0. The molecule has 130 valence electrons. The Morgan fingerprint density at radius 2 is 1.76 bits per heavy atom. The minimum Gasteiger partial charge on any atom is -0.497 e. The first kappa shape index (κ1) is 17.0. The number of rotatable bonds is 2. The Bertz CT molecular complexity index is 804. The number of amidine groups is 1. The van der Waals surface area contributed by atoms with Gasteiger partial charge in [-0.25, -0.2) is 4.79 Å². The number of carbonyl (C=O) groups is 1. The van der Waals surface area contributed by atoms with E-state index in [4.69, 9.17) is 14.5 Å². The average Bonchev–Trinajstić information content (AvgIpc) is 2.92. The van der Waals surface area contributed by atoms with E-state index in [0.29, 0.717) is 5.84 Å². The smallest absolute Gasteiger partial charge is 0.413 e. The summed E-state index contributed by atoms with van der Waals surface area (Å²) in [5, 5.41) is 2.78. The van der Waals surface area contributed by atoms with E-state index in [0.717, 1.165) is 22.4 Å². The second-order valence-electron chi connectivity index (χ2n) is 6.87. The van der Waals surface area contributed by atoms with Gasteiger partial charge in [-0.1, -0.05) is 36.4 Å². The molecule has 1 heterocycles. The summed E-state index contributed by atoms with van der Waals surface area (Å²) >= 11 is 0. The Balaban J connectivity index is 1.89. The first-order valence-corrected chi connectivity index (χ1v) is 8.18. The number of amides is 1. The molecule has 0 saturated carbocycles. The van der Waals surface area contributed by atoms with Crippen molar-refractivity contribution >= 4 is 11.9 Å². The lowest BCUT2D eigenvalue weighted by Gasteiger charge is -2.19. The van der Waals surface area contributed by atoms with Crippen molar-refractivity contribution in [2.75, 3.05) is 7.11 Å². The molecule has 2 aromatic carbocycles. The van der Waals surface area contributed by atoms with E-state index in [1.807, 2.05) is 69.3 Å². The summed E-state index contributed by atoms with van der Waals surface area (Å²) in [6.07, 6.45) is -0.503. The van der Waals surface area contributed by atoms with Crippen LogP contribution >= 0.6 is 0 Å². The predicted octanol–water partition coefficient (Wildman–Crippen LogP) is 4.07. The molecule has 1 N–H and O–H groups in total. The number of methoxy groups -OCH3 is 1. The standard InChI is InChI=1S/C20H22N2O3/c1-20(2,3)25-19(23)22-18-16-8-6-5-7-15(16)17(21-18)13-9-11-14(24-4)12-10-13/h5-12,17H,1-4H3,(H,21,22,23). The van der Waals surface area contributed by atoms with Gasteiger partial charge in [-0.15, -0.1) is 0 Å². The molecule has 25 heavy (non-hydrogen) atoms. The van der Waals surface area contributed by atoms with Crippen LogP contribution in [0.1, 0.15) is 43.5 Å². The van der Waals surface area contributed by atoms with Gasteiger partial charge in [0.2, 0.25) is 0 Å². The largest absolute Gasteiger partial charge is 0.497 e. The molecular weight excluding hydrogens is 316 g/mol. The fourth-order valence-corrected chi connectivity index (χ4v) is 2.76. The number of benzene rings is 2. The number of nitrogens with one attached hydrogen (secondary N) is 1. The molecule has 5 nitrogen and oxygen atoms in total. The molecule has 0 fully saturated rings.